The lowest BCUT2D eigenvalue weighted by Gasteiger charge is -2.33. The van der Waals surface area contributed by atoms with Gasteiger partial charge in [-0.25, -0.2) is 4.79 Å². The Hall–Kier alpha value is -3.39. The van der Waals surface area contributed by atoms with Crippen LogP contribution in [0.25, 0.3) is 0 Å². The second kappa shape index (κ2) is 12.6. The third kappa shape index (κ3) is 9.33. The number of nitrogens with one attached hydrogen (secondary N) is 2. The molecule has 2 rings (SSSR count). The number of ether oxygens (including phenoxy) is 1. The molecular formula is C25H34N4O4. The summed E-state index contributed by atoms with van der Waals surface area (Å²) in [5.74, 6) is -0.471. The van der Waals surface area contributed by atoms with Gasteiger partial charge in [0, 0.05) is 32.5 Å². The topological polar surface area (TPSA) is 114 Å². The van der Waals surface area contributed by atoms with Crippen molar-refractivity contribution >= 4 is 17.9 Å². The van der Waals surface area contributed by atoms with Crippen LogP contribution in [0.2, 0.25) is 0 Å². The molecular weight excluding hydrogens is 420 g/mol. The van der Waals surface area contributed by atoms with Gasteiger partial charge in [0.05, 0.1) is 0 Å². The number of benzene rings is 2. The Kier molecular flexibility index (Phi) is 9.87. The van der Waals surface area contributed by atoms with Gasteiger partial charge in [-0.1, -0.05) is 60.7 Å². The van der Waals surface area contributed by atoms with Crippen LogP contribution in [-0.4, -0.2) is 41.5 Å². The summed E-state index contributed by atoms with van der Waals surface area (Å²) in [7, 11) is 0. The smallest absolute Gasteiger partial charge is 0.407 e. The van der Waals surface area contributed by atoms with Crippen LogP contribution in [0.5, 0.6) is 0 Å². The summed E-state index contributed by atoms with van der Waals surface area (Å²) >= 11 is 0. The fraction of sp³-hybridized carbons (Fsp3) is 0.400. The molecule has 0 spiro atoms. The molecule has 8 nitrogen and oxygen atoms in total. The van der Waals surface area contributed by atoms with E-state index in [-0.39, 0.29) is 37.7 Å². The zero-order valence-electron chi connectivity index (χ0n) is 19.5. The van der Waals surface area contributed by atoms with Crippen molar-refractivity contribution in [2.75, 3.05) is 13.1 Å². The van der Waals surface area contributed by atoms with Crippen molar-refractivity contribution in [3.05, 3.63) is 71.8 Å². The lowest BCUT2D eigenvalue weighted by molar-refractivity contribution is -0.136. The Bertz CT molecular complexity index is 898. The van der Waals surface area contributed by atoms with Gasteiger partial charge in [0.1, 0.15) is 11.8 Å². The van der Waals surface area contributed by atoms with Crippen LogP contribution in [0.3, 0.4) is 0 Å². The average molecular weight is 455 g/mol. The molecule has 2 aromatic carbocycles. The minimum atomic E-state index is -0.681. The van der Waals surface area contributed by atoms with Crippen LogP contribution in [0, 0.1) is 0 Å². The molecule has 0 aromatic heterocycles. The predicted molar refractivity (Wildman–Crippen MR) is 127 cm³/mol. The normalized spacial score (nSPS) is 11.9. The Balaban J connectivity index is 2.15. The first-order valence-corrected chi connectivity index (χ1v) is 11.0. The van der Waals surface area contributed by atoms with Crippen molar-refractivity contribution in [2.45, 2.75) is 51.9 Å². The van der Waals surface area contributed by atoms with E-state index in [0.29, 0.717) is 6.54 Å². The van der Waals surface area contributed by atoms with Crippen LogP contribution < -0.4 is 16.4 Å². The molecule has 3 amide bonds. The van der Waals surface area contributed by atoms with E-state index in [1.54, 1.807) is 25.7 Å². The zero-order chi connectivity index (χ0) is 24.3. The van der Waals surface area contributed by atoms with E-state index in [1.165, 1.54) is 0 Å². The van der Waals surface area contributed by atoms with Crippen LogP contribution in [-0.2, 0) is 20.9 Å². The van der Waals surface area contributed by atoms with Crippen LogP contribution in [0.1, 0.15) is 50.9 Å². The van der Waals surface area contributed by atoms with Gasteiger partial charge in [0.25, 0.3) is 0 Å². The number of carbonyl (C=O) groups excluding carboxylic acids is 3. The van der Waals surface area contributed by atoms with Crippen LogP contribution >= 0.6 is 0 Å². The van der Waals surface area contributed by atoms with Crippen LogP contribution in [0.15, 0.2) is 60.7 Å². The fourth-order valence-corrected chi connectivity index (χ4v) is 3.16. The first kappa shape index (κ1) is 25.9. The quantitative estimate of drug-likeness (QED) is 0.478. The van der Waals surface area contributed by atoms with E-state index in [0.717, 1.165) is 11.1 Å². The van der Waals surface area contributed by atoms with E-state index in [9.17, 15) is 14.4 Å². The highest BCUT2D eigenvalue weighted by atomic mass is 16.6. The molecule has 4 N–H and O–H groups in total. The molecule has 2 aromatic rings. The number of carbonyl (C=O) groups is 3. The molecule has 0 heterocycles. The third-order valence-corrected chi connectivity index (χ3v) is 4.62. The molecule has 0 radical (unpaired) electrons. The number of amides is 3. The summed E-state index contributed by atoms with van der Waals surface area (Å²) in [5, 5.41) is 5.52. The number of rotatable bonds is 10. The Morgan fingerprint density at radius 1 is 0.970 bits per heavy atom. The SMILES string of the molecule is CC(C)(C)OC(=O)NCCC(=O)NC(c1ccccc1)N(Cc1ccccc1)C(=O)CCN. The molecule has 178 valence electrons. The average Bonchev–Trinajstić information content (AvgIpc) is 2.76. The van der Waals surface area contributed by atoms with Crippen molar-refractivity contribution in [1.29, 1.82) is 0 Å². The van der Waals surface area contributed by atoms with Crippen molar-refractivity contribution in [3.8, 4) is 0 Å². The first-order chi connectivity index (χ1) is 15.7. The summed E-state index contributed by atoms with van der Waals surface area (Å²) in [5.41, 5.74) is 6.74. The Morgan fingerprint density at radius 2 is 1.58 bits per heavy atom. The largest absolute Gasteiger partial charge is 0.444 e. The standard InChI is InChI=1S/C25H34N4O4/c1-25(2,3)33-24(32)27-17-15-21(30)28-23(20-12-8-5-9-13-20)29(22(31)14-16-26)18-19-10-6-4-7-11-19/h4-13,23H,14-18,26H2,1-3H3,(H,27,32)(H,28,30). The van der Waals surface area contributed by atoms with E-state index in [2.05, 4.69) is 10.6 Å². The minimum absolute atomic E-state index is 0.0346. The zero-order valence-corrected chi connectivity index (χ0v) is 19.5. The Labute approximate surface area is 195 Å². The summed E-state index contributed by atoms with van der Waals surface area (Å²) in [6.45, 7) is 5.93. The molecule has 1 atom stereocenters. The minimum Gasteiger partial charge on any atom is -0.444 e. The second-order valence-corrected chi connectivity index (χ2v) is 8.61. The van der Waals surface area contributed by atoms with Gasteiger partial charge in [-0.05, 0) is 31.9 Å². The maximum absolute atomic E-state index is 13.0. The summed E-state index contributed by atoms with van der Waals surface area (Å²) < 4.78 is 5.19. The van der Waals surface area contributed by atoms with Crippen molar-refractivity contribution in [2.24, 2.45) is 5.73 Å². The summed E-state index contributed by atoms with van der Waals surface area (Å²) in [6.07, 6.45) is -1.07. The molecule has 0 saturated heterocycles. The summed E-state index contributed by atoms with van der Waals surface area (Å²) in [4.78, 5) is 39.2. The monoisotopic (exact) mass is 454 g/mol. The molecule has 8 heteroatoms. The van der Waals surface area contributed by atoms with Gasteiger partial charge in [-0.2, -0.15) is 0 Å². The van der Waals surface area contributed by atoms with Gasteiger partial charge in [0.2, 0.25) is 11.8 Å². The maximum atomic E-state index is 13.0. The van der Waals surface area contributed by atoms with E-state index >= 15 is 0 Å². The highest BCUT2D eigenvalue weighted by Crippen LogP contribution is 2.22. The molecule has 0 fully saturated rings. The molecule has 0 aliphatic rings. The lowest BCUT2D eigenvalue weighted by Crippen LogP contribution is -2.45. The molecule has 33 heavy (non-hydrogen) atoms. The van der Waals surface area contributed by atoms with Crippen molar-refractivity contribution < 1.29 is 19.1 Å². The van der Waals surface area contributed by atoms with Gasteiger partial charge >= 0.3 is 6.09 Å². The molecule has 0 aliphatic heterocycles. The fourth-order valence-electron chi connectivity index (χ4n) is 3.16. The van der Waals surface area contributed by atoms with E-state index in [4.69, 9.17) is 10.5 Å². The predicted octanol–water partition coefficient (Wildman–Crippen LogP) is 3.09. The van der Waals surface area contributed by atoms with Gasteiger partial charge in [-0.3, -0.25) is 9.59 Å². The van der Waals surface area contributed by atoms with Crippen molar-refractivity contribution in [3.63, 3.8) is 0 Å². The Morgan fingerprint density at radius 3 is 2.15 bits per heavy atom. The second-order valence-electron chi connectivity index (χ2n) is 8.61. The van der Waals surface area contributed by atoms with Gasteiger partial charge in [0.15, 0.2) is 0 Å². The van der Waals surface area contributed by atoms with Gasteiger partial charge in [-0.15, -0.1) is 0 Å². The number of hydrogen-bond acceptors (Lipinski definition) is 5. The molecule has 0 saturated carbocycles. The number of nitrogens with two attached hydrogens (primary N) is 1. The molecule has 1 unspecified atom stereocenters. The highest BCUT2D eigenvalue weighted by Gasteiger charge is 2.26. The van der Waals surface area contributed by atoms with E-state index < -0.39 is 17.9 Å². The third-order valence-electron chi connectivity index (χ3n) is 4.62. The summed E-state index contributed by atoms with van der Waals surface area (Å²) in [6, 6.07) is 18.9. The highest BCUT2D eigenvalue weighted by molar-refractivity contribution is 5.80. The lowest BCUT2D eigenvalue weighted by atomic mass is 10.1. The molecule has 0 bridgehead atoms. The molecule has 0 aliphatic carbocycles. The van der Waals surface area contributed by atoms with Gasteiger partial charge < -0.3 is 26.0 Å². The number of hydrogen-bond donors (Lipinski definition) is 3. The van der Waals surface area contributed by atoms with Crippen LogP contribution in [0.4, 0.5) is 4.79 Å². The van der Waals surface area contributed by atoms with Crippen molar-refractivity contribution in [1.82, 2.24) is 15.5 Å². The first-order valence-electron chi connectivity index (χ1n) is 11.0. The number of nitrogens with zero attached hydrogens (tertiary/aromatic N) is 1. The maximum Gasteiger partial charge on any atom is 0.407 e. The number of alkyl carbamates (subject to hydrolysis) is 1. The van der Waals surface area contributed by atoms with E-state index in [1.807, 2.05) is 60.7 Å².